The average Bonchev–Trinajstić information content (AvgIpc) is 3.38. The molecule has 28 heavy (non-hydrogen) atoms. The van der Waals surface area contributed by atoms with Gasteiger partial charge in [-0.1, -0.05) is 6.07 Å². The van der Waals surface area contributed by atoms with E-state index in [9.17, 15) is 4.79 Å². The maximum Gasteiger partial charge on any atom is 0.274 e. The lowest BCUT2D eigenvalue weighted by molar-refractivity contribution is 0.0786. The summed E-state index contributed by atoms with van der Waals surface area (Å²) in [5.41, 5.74) is 5.05. The molecule has 0 spiro atoms. The third kappa shape index (κ3) is 3.83. The summed E-state index contributed by atoms with van der Waals surface area (Å²) in [5.74, 6) is 1.61. The minimum absolute atomic E-state index is 0.0263. The van der Waals surface area contributed by atoms with E-state index in [2.05, 4.69) is 46.2 Å². The van der Waals surface area contributed by atoms with Crippen LogP contribution in [0, 0.1) is 13.8 Å². The average molecular weight is 378 g/mol. The molecule has 0 radical (unpaired) electrons. The molecule has 7 heteroatoms. The third-order valence-corrected chi connectivity index (χ3v) is 5.37. The molecule has 1 amide bonds. The second kappa shape index (κ2) is 7.96. The monoisotopic (exact) mass is 378 g/mol. The largest absolute Gasteiger partial charge is 0.369 e. The van der Waals surface area contributed by atoms with Crippen LogP contribution in [0.3, 0.4) is 0 Å². The number of anilines is 1. The first-order valence-electron chi connectivity index (χ1n) is 9.92. The van der Waals surface area contributed by atoms with Crippen molar-refractivity contribution < 1.29 is 4.79 Å². The van der Waals surface area contributed by atoms with Crippen LogP contribution in [0.25, 0.3) is 11.0 Å². The minimum Gasteiger partial charge on any atom is -0.369 e. The van der Waals surface area contributed by atoms with E-state index in [-0.39, 0.29) is 5.91 Å². The number of H-pyrrole nitrogens is 1. The van der Waals surface area contributed by atoms with Gasteiger partial charge in [-0.15, -0.1) is 0 Å². The van der Waals surface area contributed by atoms with Crippen LogP contribution in [0.1, 0.15) is 46.7 Å². The molecule has 3 heterocycles. The van der Waals surface area contributed by atoms with Gasteiger partial charge in [-0.25, -0.2) is 9.97 Å². The summed E-state index contributed by atoms with van der Waals surface area (Å²) in [6.45, 7) is 6.59. The van der Waals surface area contributed by atoms with Crippen LogP contribution in [0.4, 0.5) is 5.82 Å². The van der Waals surface area contributed by atoms with Crippen LogP contribution in [0.15, 0.2) is 24.5 Å². The van der Waals surface area contributed by atoms with E-state index in [1.807, 2.05) is 4.90 Å². The molecule has 1 aliphatic rings. The molecule has 146 valence electrons. The van der Waals surface area contributed by atoms with Gasteiger partial charge in [0.25, 0.3) is 5.91 Å². The van der Waals surface area contributed by atoms with Gasteiger partial charge < -0.3 is 15.2 Å². The Morgan fingerprint density at radius 1 is 1.18 bits per heavy atom. The van der Waals surface area contributed by atoms with Crippen LogP contribution < -0.4 is 5.32 Å². The Morgan fingerprint density at radius 2 is 2.00 bits per heavy atom. The second-order valence-electron chi connectivity index (χ2n) is 7.41. The Labute approximate surface area is 164 Å². The number of hydrogen-bond acceptors (Lipinski definition) is 5. The maximum atomic E-state index is 12.4. The van der Waals surface area contributed by atoms with E-state index in [1.54, 1.807) is 12.4 Å². The van der Waals surface area contributed by atoms with Crippen molar-refractivity contribution in [2.75, 3.05) is 25.0 Å². The zero-order valence-corrected chi connectivity index (χ0v) is 16.5. The van der Waals surface area contributed by atoms with E-state index in [4.69, 9.17) is 4.98 Å². The van der Waals surface area contributed by atoms with E-state index < -0.39 is 0 Å². The van der Waals surface area contributed by atoms with Crippen molar-refractivity contribution in [1.29, 1.82) is 0 Å². The smallest absolute Gasteiger partial charge is 0.274 e. The lowest BCUT2D eigenvalue weighted by atomic mass is 10.1. The molecule has 1 saturated heterocycles. The van der Waals surface area contributed by atoms with Gasteiger partial charge in [0.2, 0.25) is 0 Å². The van der Waals surface area contributed by atoms with E-state index >= 15 is 0 Å². The van der Waals surface area contributed by atoms with Gasteiger partial charge in [0.05, 0.1) is 23.4 Å². The minimum atomic E-state index is -0.0263. The van der Waals surface area contributed by atoms with Gasteiger partial charge in [-0.2, -0.15) is 0 Å². The number of nitrogens with one attached hydrogen (secondary N) is 2. The Morgan fingerprint density at radius 3 is 2.82 bits per heavy atom. The summed E-state index contributed by atoms with van der Waals surface area (Å²) in [6.07, 6.45) is 7.10. The van der Waals surface area contributed by atoms with Crippen molar-refractivity contribution >= 4 is 22.8 Å². The Balaban J connectivity index is 1.32. The molecule has 1 fully saturated rings. The summed E-state index contributed by atoms with van der Waals surface area (Å²) in [5, 5.41) is 3.27. The van der Waals surface area contributed by atoms with E-state index in [1.165, 1.54) is 11.1 Å². The Hall–Kier alpha value is -2.96. The highest BCUT2D eigenvalue weighted by molar-refractivity contribution is 5.92. The number of carbonyl (C=O) groups excluding carboxylic acids is 1. The number of likely N-dealkylation sites (tertiary alicyclic amines) is 1. The Kier molecular flexibility index (Phi) is 5.23. The van der Waals surface area contributed by atoms with Crippen molar-refractivity contribution in [1.82, 2.24) is 24.8 Å². The third-order valence-electron chi connectivity index (χ3n) is 5.37. The van der Waals surface area contributed by atoms with Gasteiger partial charge in [0.1, 0.15) is 17.3 Å². The standard InChI is InChI=1S/C21H26N6O/c1-14-7-8-16-20(15(14)2)26-18(24-16)6-5-9-23-19-13-22-12-17(25-19)21(28)27-10-3-4-11-27/h7-8,12-13H,3-6,9-11H2,1-2H3,(H,23,25)(H,24,26). The zero-order chi connectivity index (χ0) is 19.5. The molecule has 0 atom stereocenters. The lowest BCUT2D eigenvalue weighted by Crippen LogP contribution is -2.28. The Bertz CT molecular complexity index is 990. The number of aromatic amines is 1. The maximum absolute atomic E-state index is 12.4. The van der Waals surface area contributed by atoms with Crippen molar-refractivity contribution in [2.45, 2.75) is 39.5 Å². The number of carbonyl (C=O) groups is 1. The molecule has 0 saturated carbocycles. The fourth-order valence-corrected chi connectivity index (χ4v) is 3.59. The summed E-state index contributed by atoms with van der Waals surface area (Å²) >= 11 is 0. The molecule has 2 aromatic heterocycles. The molecule has 0 unspecified atom stereocenters. The zero-order valence-electron chi connectivity index (χ0n) is 16.5. The molecule has 0 aliphatic carbocycles. The second-order valence-corrected chi connectivity index (χ2v) is 7.41. The summed E-state index contributed by atoms with van der Waals surface area (Å²) in [7, 11) is 0. The van der Waals surface area contributed by atoms with Crippen molar-refractivity contribution in [3.63, 3.8) is 0 Å². The highest BCUT2D eigenvalue weighted by Gasteiger charge is 2.21. The van der Waals surface area contributed by atoms with Crippen molar-refractivity contribution in [3.8, 4) is 0 Å². The highest BCUT2D eigenvalue weighted by atomic mass is 16.2. The van der Waals surface area contributed by atoms with Gasteiger partial charge in [0.15, 0.2) is 0 Å². The molecule has 0 bridgehead atoms. The first-order chi connectivity index (χ1) is 13.6. The van der Waals surface area contributed by atoms with Crippen LogP contribution in [-0.2, 0) is 6.42 Å². The summed E-state index contributed by atoms with van der Waals surface area (Å²) in [4.78, 5) is 31.0. The number of aryl methyl sites for hydroxylation is 3. The van der Waals surface area contributed by atoms with E-state index in [0.29, 0.717) is 11.5 Å². The lowest BCUT2D eigenvalue weighted by Gasteiger charge is -2.14. The quantitative estimate of drug-likeness (QED) is 0.643. The van der Waals surface area contributed by atoms with E-state index in [0.717, 1.165) is 62.2 Å². The van der Waals surface area contributed by atoms with Crippen LogP contribution >= 0.6 is 0 Å². The number of rotatable bonds is 6. The molecule has 1 aliphatic heterocycles. The molecular weight excluding hydrogens is 352 g/mol. The molecule has 1 aromatic carbocycles. The predicted molar refractivity (Wildman–Crippen MR) is 110 cm³/mol. The molecule has 7 nitrogen and oxygen atoms in total. The molecular formula is C21H26N6O. The van der Waals surface area contributed by atoms with Gasteiger partial charge in [-0.3, -0.25) is 9.78 Å². The number of benzene rings is 1. The summed E-state index contributed by atoms with van der Waals surface area (Å²) < 4.78 is 0. The number of hydrogen-bond donors (Lipinski definition) is 2. The predicted octanol–water partition coefficient (Wildman–Crippen LogP) is 3.25. The first kappa shape index (κ1) is 18.4. The normalized spacial score (nSPS) is 14.0. The summed E-state index contributed by atoms with van der Waals surface area (Å²) in [6, 6.07) is 4.21. The topological polar surface area (TPSA) is 86.8 Å². The number of amides is 1. The highest BCUT2D eigenvalue weighted by Crippen LogP contribution is 2.19. The van der Waals surface area contributed by atoms with Crippen LogP contribution in [0.5, 0.6) is 0 Å². The fraction of sp³-hybridized carbons (Fsp3) is 0.429. The molecule has 4 rings (SSSR count). The SMILES string of the molecule is Cc1ccc2[nH]c(CCCNc3cncc(C(=O)N4CCCC4)n3)nc2c1C. The number of nitrogens with zero attached hydrogens (tertiary/aromatic N) is 4. The first-order valence-corrected chi connectivity index (χ1v) is 9.92. The van der Waals surface area contributed by atoms with Crippen molar-refractivity contribution in [3.05, 3.63) is 47.2 Å². The van der Waals surface area contributed by atoms with Gasteiger partial charge in [0, 0.05) is 26.1 Å². The molecule has 2 N–H and O–H groups in total. The molecule has 3 aromatic rings. The number of imidazole rings is 1. The van der Waals surface area contributed by atoms with Crippen LogP contribution in [-0.4, -0.2) is 50.4 Å². The van der Waals surface area contributed by atoms with Crippen molar-refractivity contribution in [2.24, 2.45) is 0 Å². The number of fused-ring (bicyclic) bond motifs is 1. The van der Waals surface area contributed by atoms with Gasteiger partial charge in [-0.05, 0) is 50.3 Å². The van der Waals surface area contributed by atoms with Gasteiger partial charge >= 0.3 is 0 Å². The fourth-order valence-electron chi connectivity index (χ4n) is 3.59. The number of aromatic nitrogens is 4. The van der Waals surface area contributed by atoms with Crippen LogP contribution in [0.2, 0.25) is 0 Å².